The van der Waals surface area contributed by atoms with Gasteiger partial charge in [0.1, 0.15) is 18.3 Å². The lowest BCUT2D eigenvalue weighted by Gasteiger charge is -2.38. The molecule has 0 bridgehead atoms. The van der Waals surface area contributed by atoms with Crippen LogP contribution in [-0.2, 0) is 9.59 Å². The molecule has 0 N–H and O–H groups in total. The Morgan fingerprint density at radius 3 is 3.00 bits per heavy atom. The molecule has 96 valence electrons. The van der Waals surface area contributed by atoms with Gasteiger partial charge in [0.05, 0.1) is 12.3 Å². The Hall–Kier alpha value is -1.78. The lowest BCUT2D eigenvalue weighted by Crippen LogP contribution is -2.57. The number of piperazine rings is 1. The van der Waals surface area contributed by atoms with Gasteiger partial charge in [-0.25, -0.2) is 0 Å². The van der Waals surface area contributed by atoms with E-state index in [0.29, 0.717) is 0 Å². The van der Waals surface area contributed by atoms with E-state index in [2.05, 4.69) is 0 Å². The highest BCUT2D eigenvalue weighted by Crippen LogP contribution is 2.29. The zero-order valence-electron chi connectivity index (χ0n) is 10.3. The molecular weight excluding hydrogens is 232 g/mol. The minimum absolute atomic E-state index is 0.0514. The van der Waals surface area contributed by atoms with Gasteiger partial charge < -0.3 is 14.2 Å². The van der Waals surface area contributed by atoms with Crippen molar-refractivity contribution < 1.29 is 14.0 Å². The second kappa shape index (κ2) is 4.15. The molecule has 5 nitrogen and oxygen atoms in total. The molecule has 1 aromatic heterocycles. The van der Waals surface area contributed by atoms with Crippen LogP contribution in [0.25, 0.3) is 0 Å². The van der Waals surface area contributed by atoms with Crippen molar-refractivity contribution in [1.29, 1.82) is 0 Å². The van der Waals surface area contributed by atoms with Crippen LogP contribution in [0, 0.1) is 0 Å². The maximum Gasteiger partial charge on any atom is 0.246 e. The fraction of sp³-hybridized carbons (Fsp3) is 0.538. The molecule has 0 saturated carbocycles. The van der Waals surface area contributed by atoms with Crippen molar-refractivity contribution in [1.82, 2.24) is 9.80 Å². The van der Waals surface area contributed by atoms with Crippen LogP contribution >= 0.6 is 0 Å². The number of hydrogen-bond donors (Lipinski definition) is 0. The average Bonchev–Trinajstić information content (AvgIpc) is 3.01. The van der Waals surface area contributed by atoms with Crippen molar-refractivity contribution in [3.63, 3.8) is 0 Å². The molecule has 0 radical (unpaired) electrons. The van der Waals surface area contributed by atoms with Gasteiger partial charge in [0.15, 0.2) is 0 Å². The molecule has 5 heteroatoms. The lowest BCUT2D eigenvalue weighted by molar-refractivity contribution is -0.156. The first-order chi connectivity index (χ1) is 8.68. The normalized spacial score (nSPS) is 25.5. The third-order valence-electron chi connectivity index (χ3n) is 3.87. The number of nitrogens with zero attached hydrogens (tertiary/aromatic N) is 2. The van der Waals surface area contributed by atoms with E-state index in [4.69, 9.17) is 4.42 Å². The summed E-state index contributed by atoms with van der Waals surface area (Å²) < 4.78 is 5.32. The van der Waals surface area contributed by atoms with E-state index in [0.717, 1.165) is 25.1 Å². The van der Waals surface area contributed by atoms with E-state index in [-0.39, 0.29) is 30.4 Å². The standard InChI is InChI=1S/C13H16N2O3/c1-9(11-5-3-7-18-11)15-8-12(16)14-6-2-4-10(14)13(15)17/h3,5,7,9-10H,2,4,6,8H2,1H3. The van der Waals surface area contributed by atoms with Crippen LogP contribution in [0.1, 0.15) is 31.6 Å². The number of furan rings is 1. The lowest BCUT2D eigenvalue weighted by atomic mass is 10.1. The molecule has 2 amide bonds. The molecule has 2 atom stereocenters. The van der Waals surface area contributed by atoms with Crippen molar-refractivity contribution >= 4 is 11.8 Å². The monoisotopic (exact) mass is 248 g/mol. The Labute approximate surface area is 105 Å². The molecule has 3 heterocycles. The fourth-order valence-electron chi connectivity index (χ4n) is 2.84. The van der Waals surface area contributed by atoms with Crippen molar-refractivity contribution in [3.05, 3.63) is 24.2 Å². The molecule has 2 aliphatic rings. The summed E-state index contributed by atoms with van der Waals surface area (Å²) in [4.78, 5) is 27.7. The van der Waals surface area contributed by atoms with Gasteiger partial charge in [0.25, 0.3) is 0 Å². The maximum atomic E-state index is 12.4. The Morgan fingerprint density at radius 1 is 1.44 bits per heavy atom. The number of hydrogen-bond acceptors (Lipinski definition) is 3. The fourth-order valence-corrected chi connectivity index (χ4v) is 2.84. The minimum atomic E-state index is -0.247. The van der Waals surface area contributed by atoms with E-state index >= 15 is 0 Å². The number of carbonyl (C=O) groups is 2. The molecule has 0 aromatic carbocycles. The van der Waals surface area contributed by atoms with Crippen molar-refractivity contribution in [2.45, 2.75) is 31.8 Å². The second-order valence-corrected chi connectivity index (χ2v) is 4.90. The number of carbonyl (C=O) groups excluding carboxylic acids is 2. The van der Waals surface area contributed by atoms with Crippen LogP contribution in [0.15, 0.2) is 22.8 Å². The second-order valence-electron chi connectivity index (χ2n) is 4.90. The summed E-state index contributed by atoms with van der Waals surface area (Å²) in [5, 5.41) is 0. The quantitative estimate of drug-likeness (QED) is 0.789. The zero-order valence-corrected chi connectivity index (χ0v) is 10.3. The summed E-state index contributed by atoms with van der Waals surface area (Å²) >= 11 is 0. The number of fused-ring (bicyclic) bond motifs is 1. The Bertz CT molecular complexity index is 469. The summed E-state index contributed by atoms with van der Waals surface area (Å²) in [5.74, 6) is 0.828. The molecule has 2 saturated heterocycles. The largest absolute Gasteiger partial charge is 0.467 e. The first-order valence-electron chi connectivity index (χ1n) is 6.32. The summed E-state index contributed by atoms with van der Waals surface area (Å²) in [5.41, 5.74) is 0. The Balaban J connectivity index is 1.84. The van der Waals surface area contributed by atoms with Crippen molar-refractivity contribution in [3.8, 4) is 0 Å². The highest BCUT2D eigenvalue weighted by atomic mass is 16.3. The van der Waals surface area contributed by atoms with Crippen LogP contribution in [0.4, 0.5) is 0 Å². The van der Waals surface area contributed by atoms with Crippen LogP contribution in [0.2, 0.25) is 0 Å². The molecule has 2 fully saturated rings. The summed E-state index contributed by atoms with van der Waals surface area (Å²) in [6.45, 7) is 2.78. The smallest absolute Gasteiger partial charge is 0.246 e. The van der Waals surface area contributed by atoms with Gasteiger partial charge in [0, 0.05) is 6.54 Å². The molecule has 2 unspecified atom stereocenters. The van der Waals surface area contributed by atoms with Gasteiger partial charge in [-0.2, -0.15) is 0 Å². The van der Waals surface area contributed by atoms with E-state index in [1.54, 1.807) is 22.1 Å². The first kappa shape index (κ1) is 11.3. The van der Waals surface area contributed by atoms with Gasteiger partial charge in [0.2, 0.25) is 11.8 Å². The molecule has 0 spiro atoms. The summed E-state index contributed by atoms with van der Waals surface area (Å²) in [6, 6.07) is 3.20. The SMILES string of the molecule is CC(c1ccco1)N1CC(=O)N2CCCC2C1=O. The van der Waals surface area contributed by atoms with Gasteiger partial charge in [-0.05, 0) is 31.9 Å². The van der Waals surface area contributed by atoms with E-state index in [1.165, 1.54) is 0 Å². The molecule has 1 aromatic rings. The Morgan fingerprint density at radius 2 is 2.28 bits per heavy atom. The molecule has 0 aliphatic carbocycles. The summed E-state index contributed by atoms with van der Waals surface area (Å²) in [6.07, 6.45) is 3.29. The van der Waals surface area contributed by atoms with Crippen LogP contribution in [-0.4, -0.2) is 40.7 Å². The molecule has 18 heavy (non-hydrogen) atoms. The van der Waals surface area contributed by atoms with Gasteiger partial charge in [-0.15, -0.1) is 0 Å². The predicted molar refractivity (Wildman–Crippen MR) is 63.6 cm³/mol. The third-order valence-corrected chi connectivity index (χ3v) is 3.87. The maximum absolute atomic E-state index is 12.4. The zero-order chi connectivity index (χ0) is 12.7. The van der Waals surface area contributed by atoms with Gasteiger partial charge in [-0.3, -0.25) is 9.59 Å². The summed E-state index contributed by atoms with van der Waals surface area (Å²) in [7, 11) is 0. The van der Waals surface area contributed by atoms with Gasteiger partial charge >= 0.3 is 0 Å². The topological polar surface area (TPSA) is 53.8 Å². The Kier molecular flexibility index (Phi) is 2.61. The average molecular weight is 248 g/mol. The predicted octanol–water partition coefficient (Wildman–Crippen LogP) is 1.17. The highest BCUT2D eigenvalue weighted by Gasteiger charge is 2.43. The van der Waals surface area contributed by atoms with Crippen LogP contribution < -0.4 is 0 Å². The number of amides is 2. The van der Waals surface area contributed by atoms with E-state index < -0.39 is 0 Å². The van der Waals surface area contributed by atoms with Crippen molar-refractivity contribution in [2.75, 3.05) is 13.1 Å². The van der Waals surface area contributed by atoms with E-state index in [1.807, 2.05) is 13.0 Å². The molecule has 3 rings (SSSR count). The number of rotatable bonds is 2. The van der Waals surface area contributed by atoms with Gasteiger partial charge in [-0.1, -0.05) is 0 Å². The van der Waals surface area contributed by atoms with Crippen molar-refractivity contribution in [2.24, 2.45) is 0 Å². The highest BCUT2D eigenvalue weighted by molar-refractivity contribution is 5.95. The third kappa shape index (κ3) is 1.62. The van der Waals surface area contributed by atoms with Crippen LogP contribution in [0.5, 0.6) is 0 Å². The minimum Gasteiger partial charge on any atom is -0.467 e. The van der Waals surface area contributed by atoms with E-state index in [9.17, 15) is 9.59 Å². The molecular formula is C13H16N2O3. The molecule has 2 aliphatic heterocycles. The first-order valence-corrected chi connectivity index (χ1v) is 6.32. The van der Waals surface area contributed by atoms with Crippen LogP contribution in [0.3, 0.4) is 0 Å².